The van der Waals surface area contributed by atoms with E-state index in [9.17, 15) is 5.26 Å². The van der Waals surface area contributed by atoms with Gasteiger partial charge in [-0.25, -0.2) is 0 Å². The average molecular weight is 293 g/mol. The lowest BCUT2D eigenvalue weighted by molar-refractivity contribution is 0.393. The molecular weight excluding hydrogens is 274 g/mol. The van der Waals surface area contributed by atoms with Crippen LogP contribution in [0.25, 0.3) is 0 Å². The fourth-order valence-electron chi connectivity index (χ4n) is 3.11. The van der Waals surface area contributed by atoms with E-state index >= 15 is 0 Å². The highest BCUT2D eigenvalue weighted by atomic mass is 32.2. The Hall–Kier alpha value is -1.72. The molecule has 21 heavy (non-hydrogen) atoms. The van der Waals surface area contributed by atoms with Crippen molar-refractivity contribution in [2.24, 2.45) is 5.92 Å². The third-order valence-electron chi connectivity index (χ3n) is 4.26. The van der Waals surface area contributed by atoms with E-state index in [4.69, 9.17) is 0 Å². The summed E-state index contributed by atoms with van der Waals surface area (Å²) in [4.78, 5) is 1.27. The normalized spacial score (nSPS) is 25.2. The minimum absolute atomic E-state index is 0.176. The van der Waals surface area contributed by atoms with Crippen LogP contribution in [0, 0.1) is 17.2 Å². The molecular formula is C19H19NS. The Balaban J connectivity index is 1.75. The molecule has 0 aromatic heterocycles. The number of hydrogen-bond donors (Lipinski definition) is 0. The van der Waals surface area contributed by atoms with E-state index < -0.39 is 0 Å². The fraction of sp³-hybridized carbons (Fsp3) is 0.316. The third-order valence-corrected chi connectivity index (χ3v) is 5.63. The van der Waals surface area contributed by atoms with E-state index in [1.165, 1.54) is 10.5 Å². The van der Waals surface area contributed by atoms with Crippen molar-refractivity contribution in [3.63, 3.8) is 0 Å². The first kappa shape index (κ1) is 14.2. The van der Waals surface area contributed by atoms with E-state index in [1.54, 1.807) is 0 Å². The van der Waals surface area contributed by atoms with Crippen LogP contribution in [0.5, 0.6) is 0 Å². The third kappa shape index (κ3) is 3.49. The minimum atomic E-state index is 0.176. The maximum Gasteiger partial charge on any atom is 0.0667 e. The van der Waals surface area contributed by atoms with Crippen LogP contribution in [0.2, 0.25) is 0 Å². The minimum Gasteiger partial charge on any atom is -0.198 e. The van der Waals surface area contributed by atoms with Crippen molar-refractivity contribution >= 4 is 11.8 Å². The first-order chi connectivity index (χ1) is 10.4. The van der Waals surface area contributed by atoms with Gasteiger partial charge in [-0.05, 0) is 42.9 Å². The van der Waals surface area contributed by atoms with Crippen molar-refractivity contribution < 1.29 is 0 Å². The number of nitrogens with zero attached hydrogens (tertiary/aromatic N) is 1. The molecule has 0 bridgehead atoms. The van der Waals surface area contributed by atoms with Gasteiger partial charge in [0.25, 0.3) is 0 Å². The number of hydrogen-bond acceptors (Lipinski definition) is 2. The van der Waals surface area contributed by atoms with Gasteiger partial charge in [-0.1, -0.05) is 48.5 Å². The Morgan fingerprint density at radius 3 is 2.24 bits per heavy atom. The topological polar surface area (TPSA) is 23.8 Å². The van der Waals surface area contributed by atoms with E-state index in [1.807, 2.05) is 17.8 Å². The predicted molar refractivity (Wildman–Crippen MR) is 88.2 cm³/mol. The summed E-state index contributed by atoms with van der Waals surface area (Å²) in [5.41, 5.74) is 1.42. The van der Waals surface area contributed by atoms with Gasteiger partial charge >= 0.3 is 0 Å². The van der Waals surface area contributed by atoms with E-state index in [0.29, 0.717) is 11.2 Å². The molecule has 3 atom stereocenters. The summed E-state index contributed by atoms with van der Waals surface area (Å²) in [6.07, 6.45) is 3.25. The predicted octanol–water partition coefficient (Wildman–Crippen LogP) is 5.25. The molecule has 0 aliphatic heterocycles. The van der Waals surface area contributed by atoms with Gasteiger partial charge in [-0.15, -0.1) is 11.8 Å². The zero-order chi connectivity index (χ0) is 14.5. The molecule has 2 aromatic rings. The Labute approximate surface area is 131 Å². The second kappa shape index (κ2) is 6.83. The molecule has 106 valence electrons. The van der Waals surface area contributed by atoms with Gasteiger partial charge in [0.05, 0.1) is 12.0 Å². The molecule has 1 fully saturated rings. The molecule has 1 nitrogen and oxygen atoms in total. The highest BCUT2D eigenvalue weighted by molar-refractivity contribution is 8.00. The van der Waals surface area contributed by atoms with Gasteiger partial charge in [0.15, 0.2) is 0 Å². The van der Waals surface area contributed by atoms with E-state index in [2.05, 4.69) is 60.7 Å². The largest absolute Gasteiger partial charge is 0.198 e. The summed E-state index contributed by atoms with van der Waals surface area (Å²) >= 11 is 1.87. The zero-order valence-electron chi connectivity index (χ0n) is 12.0. The van der Waals surface area contributed by atoms with Crippen molar-refractivity contribution in [2.45, 2.75) is 35.3 Å². The standard InChI is InChI=1S/C19H19NS/c20-14-17-12-11-16(15-7-3-1-4-8-15)13-19(17)21-18-9-5-2-6-10-18/h1-10,16-17,19H,11-13H2. The summed E-state index contributed by atoms with van der Waals surface area (Å²) in [6.45, 7) is 0. The molecule has 0 saturated heterocycles. The number of benzene rings is 2. The Kier molecular flexibility index (Phi) is 4.62. The molecule has 0 heterocycles. The first-order valence-corrected chi connectivity index (χ1v) is 8.41. The number of rotatable bonds is 3. The number of nitriles is 1. The highest BCUT2D eigenvalue weighted by Gasteiger charge is 2.31. The van der Waals surface area contributed by atoms with Crippen molar-refractivity contribution in [3.8, 4) is 6.07 Å². The van der Waals surface area contributed by atoms with Crippen molar-refractivity contribution in [1.82, 2.24) is 0 Å². The van der Waals surface area contributed by atoms with Crippen LogP contribution in [-0.2, 0) is 0 Å². The van der Waals surface area contributed by atoms with Crippen molar-refractivity contribution in [1.29, 1.82) is 5.26 Å². The molecule has 0 spiro atoms. The lowest BCUT2D eigenvalue weighted by Crippen LogP contribution is -2.25. The molecule has 0 amide bonds. The zero-order valence-corrected chi connectivity index (χ0v) is 12.8. The molecule has 3 unspecified atom stereocenters. The van der Waals surface area contributed by atoms with Crippen LogP contribution >= 0.6 is 11.8 Å². The van der Waals surface area contributed by atoms with E-state index in [0.717, 1.165) is 19.3 Å². The first-order valence-electron chi connectivity index (χ1n) is 7.53. The maximum absolute atomic E-state index is 9.43. The maximum atomic E-state index is 9.43. The van der Waals surface area contributed by atoms with Gasteiger partial charge in [-0.2, -0.15) is 5.26 Å². The Morgan fingerprint density at radius 1 is 0.905 bits per heavy atom. The average Bonchev–Trinajstić information content (AvgIpc) is 2.56. The van der Waals surface area contributed by atoms with Gasteiger partial charge in [0.1, 0.15) is 0 Å². The summed E-state index contributed by atoms with van der Waals surface area (Å²) in [5.74, 6) is 0.771. The van der Waals surface area contributed by atoms with Crippen molar-refractivity contribution in [3.05, 3.63) is 66.2 Å². The van der Waals surface area contributed by atoms with Crippen LogP contribution in [0.1, 0.15) is 30.7 Å². The van der Waals surface area contributed by atoms with E-state index in [-0.39, 0.29) is 5.92 Å². The SMILES string of the molecule is N#CC1CCC(c2ccccc2)CC1Sc1ccccc1. The van der Waals surface area contributed by atoms with Crippen LogP contribution < -0.4 is 0 Å². The summed E-state index contributed by atoms with van der Waals surface area (Å²) in [6, 6.07) is 23.7. The fourth-order valence-corrected chi connectivity index (χ4v) is 4.46. The summed E-state index contributed by atoms with van der Waals surface area (Å²) < 4.78 is 0. The van der Waals surface area contributed by atoms with Crippen LogP contribution in [0.15, 0.2) is 65.6 Å². The highest BCUT2D eigenvalue weighted by Crippen LogP contribution is 2.43. The summed E-state index contributed by atoms with van der Waals surface area (Å²) in [5, 5.41) is 9.83. The molecule has 2 heteroatoms. The molecule has 0 N–H and O–H groups in total. The smallest absolute Gasteiger partial charge is 0.0667 e. The number of thioether (sulfide) groups is 1. The monoisotopic (exact) mass is 293 g/mol. The molecule has 0 radical (unpaired) electrons. The van der Waals surface area contributed by atoms with Gasteiger partial charge in [0.2, 0.25) is 0 Å². The second-order valence-electron chi connectivity index (χ2n) is 5.63. The van der Waals surface area contributed by atoms with Gasteiger partial charge < -0.3 is 0 Å². The Morgan fingerprint density at radius 2 is 1.57 bits per heavy atom. The van der Waals surface area contributed by atoms with Crippen LogP contribution in [0.3, 0.4) is 0 Å². The lowest BCUT2D eigenvalue weighted by Gasteiger charge is -2.32. The van der Waals surface area contributed by atoms with Crippen LogP contribution in [0.4, 0.5) is 0 Å². The van der Waals surface area contributed by atoms with Crippen LogP contribution in [-0.4, -0.2) is 5.25 Å². The Bertz CT molecular complexity index is 602. The molecule has 2 aromatic carbocycles. The molecule has 1 aliphatic carbocycles. The molecule has 1 saturated carbocycles. The van der Waals surface area contributed by atoms with Crippen molar-refractivity contribution in [2.75, 3.05) is 0 Å². The molecule has 3 rings (SSSR count). The van der Waals surface area contributed by atoms with Gasteiger partial charge in [-0.3, -0.25) is 0 Å². The summed E-state index contributed by atoms with van der Waals surface area (Å²) in [7, 11) is 0. The quantitative estimate of drug-likeness (QED) is 0.771. The lowest BCUT2D eigenvalue weighted by atomic mass is 9.79. The second-order valence-corrected chi connectivity index (χ2v) is 6.94. The van der Waals surface area contributed by atoms with Gasteiger partial charge in [0, 0.05) is 10.1 Å². The molecule has 1 aliphatic rings.